The van der Waals surface area contributed by atoms with E-state index in [0.29, 0.717) is 12.5 Å². The molecule has 0 aliphatic carbocycles. The van der Waals surface area contributed by atoms with Crippen LogP contribution in [0.15, 0.2) is 22.8 Å². The molecule has 1 aromatic carbocycles. The summed E-state index contributed by atoms with van der Waals surface area (Å²) in [4.78, 5) is 23.4. The van der Waals surface area contributed by atoms with E-state index in [0.717, 1.165) is 27.7 Å². The minimum absolute atomic E-state index is 0.0902. The largest absolute Gasteiger partial charge is 0.464 e. The van der Waals surface area contributed by atoms with Crippen LogP contribution < -0.4 is 5.32 Å². The summed E-state index contributed by atoms with van der Waals surface area (Å²) in [5.74, 6) is -0.361. The number of rotatable bonds is 6. The molecular formula is C18H23NO4. The molecule has 2 rings (SSSR count). The van der Waals surface area contributed by atoms with Crippen molar-refractivity contribution in [3.05, 3.63) is 35.1 Å². The van der Waals surface area contributed by atoms with E-state index in [4.69, 9.17) is 9.15 Å². The molecule has 5 nitrogen and oxygen atoms in total. The van der Waals surface area contributed by atoms with Gasteiger partial charge < -0.3 is 14.5 Å². The number of ether oxygens (including phenoxy) is 1. The average molecular weight is 317 g/mol. The second-order valence-electron chi connectivity index (χ2n) is 6.23. The lowest BCUT2D eigenvalue weighted by atomic mass is 10.0. The topological polar surface area (TPSA) is 68.5 Å². The van der Waals surface area contributed by atoms with Crippen molar-refractivity contribution in [2.45, 2.75) is 34.1 Å². The molecule has 0 aliphatic rings. The molecule has 0 unspecified atom stereocenters. The molecule has 1 N–H and O–H groups in total. The molecular weight excluding hydrogens is 294 g/mol. The summed E-state index contributed by atoms with van der Waals surface area (Å²) in [6.45, 7) is 8.35. The van der Waals surface area contributed by atoms with Gasteiger partial charge in [0.15, 0.2) is 6.61 Å². The van der Waals surface area contributed by atoms with Crippen molar-refractivity contribution in [2.75, 3.05) is 13.2 Å². The minimum atomic E-state index is -0.439. The fraction of sp³-hybridized carbons (Fsp3) is 0.444. The Hall–Kier alpha value is -2.30. The zero-order valence-electron chi connectivity index (χ0n) is 14.1. The van der Waals surface area contributed by atoms with Gasteiger partial charge in [-0.05, 0) is 43.0 Å². The van der Waals surface area contributed by atoms with Gasteiger partial charge in [0.05, 0.1) is 12.7 Å². The fourth-order valence-electron chi connectivity index (χ4n) is 2.19. The van der Waals surface area contributed by atoms with E-state index in [1.807, 2.05) is 39.8 Å². The Morgan fingerprint density at radius 2 is 1.91 bits per heavy atom. The zero-order valence-corrected chi connectivity index (χ0v) is 14.1. The van der Waals surface area contributed by atoms with Gasteiger partial charge >= 0.3 is 5.97 Å². The van der Waals surface area contributed by atoms with Crippen LogP contribution in [0.25, 0.3) is 11.0 Å². The Morgan fingerprint density at radius 3 is 2.61 bits per heavy atom. The molecule has 124 valence electrons. The third-order valence-electron chi connectivity index (χ3n) is 3.68. The molecule has 0 radical (unpaired) electrons. The maximum absolute atomic E-state index is 11.9. The van der Waals surface area contributed by atoms with Crippen molar-refractivity contribution in [1.29, 1.82) is 0 Å². The summed E-state index contributed by atoms with van der Waals surface area (Å²) in [6.07, 6.45) is 1.66. The van der Waals surface area contributed by atoms with E-state index in [2.05, 4.69) is 5.32 Å². The van der Waals surface area contributed by atoms with Crippen LogP contribution in [-0.4, -0.2) is 25.0 Å². The number of aryl methyl sites for hydroxylation is 2. The average Bonchev–Trinajstić information content (AvgIpc) is 2.85. The van der Waals surface area contributed by atoms with Gasteiger partial charge in [-0.25, -0.2) is 0 Å². The maximum atomic E-state index is 11.9. The lowest BCUT2D eigenvalue weighted by molar-refractivity contribution is -0.147. The number of nitrogens with one attached hydrogen (secondary N) is 1. The number of esters is 1. The molecule has 1 aromatic heterocycles. The van der Waals surface area contributed by atoms with Crippen molar-refractivity contribution in [3.63, 3.8) is 0 Å². The normalized spacial score (nSPS) is 11.0. The summed E-state index contributed by atoms with van der Waals surface area (Å²) < 4.78 is 10.5. The third-order valence-corrected chi connectivity index (χ3v) is 3.68. The molecule has 0 atom stereocenters. The Bertz CT molecular complexity index is 715. The zero-order chi connectivity index (χ0) is 17.0. The third kappa shape index (κ3) is 4.58. The van der Waals surface area contributed by atoms with Crippen molar-refractivity contribution < 1.29 is 18.7 Å². The van der Waals surface area contributed by atoms with Crippen LogP contribution in [0.1, 0.15) is 30.5 Å². The highest BCUT2D eigenvalue weighted by Gasteiger charge is 2.14. The number of amides is 1. The number of furan rings is 1. The first-order valence-electron chi connectivity index (χ1n) is 7.76. The van der Waals surface area contributed by atoms with Crippen LogP contribution in [-0.2, 0) is 20.7 Å². The maximum Gasteiger partial charge on any atom is 0.310 e. The lowest BCUT2D eigenvalue weighted by Crippen LogP contribution is -2.31. The number of fused-ring (bicyclic) bond motifs is 1. The molecule has 0 fully saturated rings. The van der Waals surface area contributed by atoms with E-state index in [9.17, 15) is 9.59 Å². The van der Waals surface area contributed by atoms with Crippen molar-refractivity contribution >= 4 is 22.8 Å². The predicted octanol–water partition coefficient (Wildman–Crippen LogP) is 2.91. The summed E-state index contributed by atoms with van der Waals surface area (Å²) >= 11 is 0. The van der Waals surface area contributed by atoms with Gasteiger partial charge in [-0.1, -0.05) is 13.8 Å². The van der Waals surface area contributed by atoms with Gasteiger partial charge in [-0.15, -0.1) is 0 Å². The monoisotopic (exact) mass is 317 g/mol. The van der Waals surface area contributed by atoms with Crippen LogP contribution >= 0.6 is 0 Å². The fourth-order valence-corrected chi connectivity index (χ4v) is 2.19. The molecule has 0 saturated heterocycles. The van der Waals surface area contributed by atoms with Crippen LogP contribution in [0.5, 0.6) is 0 Å². The van der Waals surface area contributed by atoms with Gasteiger partial charge in [0.1, 0.15) is 5.58 Å². The van der Waals surface area contributed by atoms with Crippen LogP contribution in [0, 0.1) is 19.8 Å². The van der Waals surface area contributed by atoms with E-state index >= 15 is 0 Å². The Morgan fingerprint density at radius 1 is 1.22 bits per heavy atom. The Labute approximate surface area is 136 Å². The summed E-state index contributed by atoms with van der Waals surface area (Å²) in [5, 5.41) is 3.62. The summed E-state index contributed by atoms with van der Waals surface area (Å²) in [7, 11) is 0. The Kier molecular flexibility index (Phi) is 5.42. The predicted molar refractivity (Wildman–Crippen MR) is 88.2 cm³/mol. The molecule has 1 amide bonds. The van der Waals surface area contributed by atoms with Gasteiger partial charge in [0, 0.05) is 17.5 Å². The first kappa shape index (κ1) is 17.1. The molecule has 0 spiro atoms. The lowest BCUT2D eigenvalue weighted by Gasteiger charge is -2.08. The van der Waals surface area contributed by atoms with E-state index in [1.54, 1.807) is 6.26 Å². The number of benzene rings is 1. The number of carbonyl (C=O) groups is 2. The molecule has 0 saturated carbocycles. The van der Waals surface area contributed by atoms with E-state index in [-0.39, 0.29) is 18.9 Å². The highest BCUT2D eigenvalue weighted by atomic mass is 16.5. The molecule has 2 aromatic rings. The van der Waals surface area contributed by atoms with Gasteiger partial charge in [-0.2, -0.15) is 0 Å². The van der Waals surface area contributed by atoms with Crippen LogP contribution in [0.2, 0.25) is 0 Å². The first-order chi connectivity index (χ1) is 10.9. The van der Waals surface area contributed by atoms with Gasteiger partial charge in [0.25, 0.3) is 5.91 Å². The van der Waals surface area contributed by atoms with E-state index < -0.39 is 5.97 Å². The molecule has 0 bridgehead atoms. The quantitative estimate of drug-likeness (QED) is 0.832. The number of hydrogen-bond donors (Lipinski definition) is 1. The summed E-state index contributed by atoms with van der Waals surface area (Å²) in [6, 6.07) is 3.96. The van der Waals surface area contributed by atoms with Crippen molar-refractivity contribution in [3.8, 4) is 0 Å². The molecule has 0 aliphatic heterocycles. The number of hydrogen-bond acceptors (Lipinski definition) is 4. The molecule has 1 heterocycles. The van der Waals surface area contributed by atoms with Crippen LogP contribution in [0.3, 0.4) is 0 Å². The summed E-state index contributed by atoms with van der Waals surface area (Å²) in [5.41, 5.74) is 3.81. The second-order valence-corrected chi connectivity index (χ2v) is 6.23. The SMILES string of the molecule is Cc1cc2occ(CC(=O)OCC(=O)NCC(C)C)c2cc1C. The van der Waals surface area contributed by atoms with Gasteiger partial charge in [0.2, 0.25) is 0 Å². The van der Waals surface area contributed by atoms with Gasteiger partial charge in [-0.3, -0.25) is 9.59 Å². The van der Waals surface area contributed by atoms with E-state index in [1.165, 1.54) is 0 Å². The standard InChI is InChI=1S/C18H23NO4/c1-11(2)8-19-17(20)10-23-18(21)7-14-9-22-16-6-13(4)12(3)5-15(14)16/h5-6,9,11H,7-8,10H2,1-4H3,(H,19,20). The molecule has 5 heteroatoms. The number of carbonyl (C=O) groups excluding carboxylic acids is 2. The smallest absolute Gasteiger partial charge is 0.310 e. The highest BCUT2D eigenvalue weighted by molar-refractivity contribution is 5.87. The second kappa shape index (κ2) is 7.31. The van der Waals surface area contributed by atoms with Crippen molar-refractivity contribution in [1.82, 2.24) is 5.32 Å². The minimum Gasteiger partial charge on any atom is -0.464 e. The molecule has 23 heavy (non-hydrogen) atoms. The first-order valence-corrected chi connectivity index (χ1v) is 7.76. The van der Waals surface area contributed by atoms with Crippen molar-refractivity contribution in [2.24, 2.45) is 5.92 Å². The Balaban J connectivity index is 1.93. The van der Waals surface area contributed by atoms with Crippen LogP contribution in [0.4, 0.5) is 0 Å². The highest BCUT2D eigenvalue weighted by Crippen LogP contribution is 2.25.